The molecule has 0 saturated heterocycles. The van der Waals surface area contributed by atoms with E-state index in [2.05, 4.69) is 23.9 Å². The number of aliphatic hydroxyl groups excluding tert-OH is 1. The van der Waals surface area contributed by atoms with Crippen LogP contribution >= 0.6 is 11.3 Å². The highest BCUT2D eigenvalue weighted by molar-refractivity contribution is 7.16. The maximum absolute atomic E-state index is 12.3. The van der Waals surface area contributed by atoms with Gasteiger partial charge in [-0.3, -0.25) is 9.59 Å². The molecular formula is C17H18N4O3S. The zero-order valence-electron chi connectivity index (χ0n) is 13.9. The predicted octanol–water partition coefficient (Wildman–Crippen LogP) is 2.60. The van der Waals surface area contributed by atoms with Crippen LogP contribution in [0.15, 0.2) is 34.4 Å². The Morgan fingerprint density at radius 2 is 2.04 bits per heavy atom. The molecule has 0 saturated carbocycles. The molecule has 0 bridgehead atoms. The standard InChI is InChI=1S/C17H18N4O3S/c1-3-10(4-2)16-20-21-14(18)11(15(24)19-17(21)25-16)7-9-5-6-12(22)13(23)8-9/h5-8,10,23H,3-4,18H2,1-2H3/b9-7-. The molecule has 3 rings (SSSR count). The van der Waals surface area contributed by atoms with Gasteiger partial charge in [0, 0.05) is 5.92 Å². The monoisotopic (exact) mass is 358 g/mol. The number of carbonyl (C=O) groups is 1. The van der Waals surface area contributed by atoms with Crippen molar-refractivity contribution in [3.8, 4) is 0 Å². The van der Waals surface area contributed by atoms with E-state index in [1.165, 1.54) is 40.2 Å². The van der Waals surface area contributed by atoms with Crippen LogP contribution < -0.4 is 11.3 Å². The molecule has 0 atom stereocenters. The molecule has 3 N–H and O–H groups in total. The van der Waals surface area contributed by atoms with Crippen molar-refractivity contribution in [3.05, 3.63) is 50.5 Å². The van der Waals surface area contributed by atoms with E-state index in [4.69, 9.17) is 5.73 Å². The van der Waals surface area contributed by atoms with Gasteiger partial charge < -0.3 is 10.8 Å². The normalized spacial score (nSPS) is 16.2. The summed E-state index contributed by atoms with van der Waals surface area (Å²) in [5.74, 6) is -0.375. The van der Waals surface area contributed by atoms with Gasteiger partial charge >= 0.3 is 0 Å². The number of aromatic nitrogens is 3. The zero-order chi connectivity index (χ0) is 18.1. The van der Waals surface area contributed by atoms with Crippen molar-refractivity contribution in [1.29, 1.82) is 0 Å². The van der Waals surface area contributed by atoms with Gasteiger partial charge in [0.05, 0.1) is 5.56 Å². The molecule has 7 nitrogen and oxygen atoms in total. The lowest BCUT2D eigenvalue weighted by Gasteiger charge is -2.06. The van der Waals surface area contributed by atoms with Crippen molar-refractivity contribution >= 4 is 34.0 Å². The minimum Gasteiger partial charge on any atom is -0.504 e. The fourth-order valence-corrected chi connectivity index (χ4v) is 3.79. The third-order valence-electron chi connectivity index (χ3n) is 4.14. The summed E-state index contributed by atoms with van der Waals surface area (Å²) in [5.41, 5.74) is 6.34. The number of fused-ring (bicyclic) bond motifs is 1. The number of nitrogen functional groups attached to an aromatic ring is 1. The molecule has 0 amide bonds. The van der Waals surface area contributed by atoms with E-state index in [1.807, 2.05) is 0 Å². The van der Waals surface area contributed by atoms with Crippen molar-refractivity contribution in [2.75, 3.05) is 5.73 Å². The number of aliphatic hydroxyl groups is 1. The molecule has 2 aromatic heterocycles. The molecule has 2 heterocycles. The van der Waals surface area contributed by atoms with E-state index in [9.17, 15) is 14.7 Å². The van der Waals surface area contributed by atoms with Gasteiger partial charge in [-0.25, -0.2) is 0 Å². The molecule has 1 aliphatic rings. The van der Waals surface area contributed by atoms with Crippen LogP contribution in [0.25, 0.3) is 11.0 Å². The van der Waals surface area contributed by atoms with Gasteiger partial charge in [0.15, 0.2) is 5.76 Å². The van der Waals surface area contributed by atoms with Gasteiger partial charge in [-0.15, -0.1) is 0 Å². The van der Waals surface area contributed by atoms with E-state index in [0.29, 0.717) is 16.5 Å². The number of nitrogens with two attached hydrogens (primary N) is 1. The number of carbonyl (C=O) groups excluding carboxylic acids is 1. The summed E-state index contributed by atoms with van der Waals surface area (Å²) in [6, 6.07) is 0. The minimum atomic E-state index is -0.482. The van der Waals surface area contributed by atoms with Crippen LogP contribution in [-0.2, 0) is 4.79 Å². The predicted molar refractivity (Wildman–Crippen MR) is 97.7 cm³/mol. The molecule has 25 heavy (non-hydrogen) atoms. The highest BCUT2D eigenvalue weighted by Crippen LogP contribution is 2.28. The molecular weight excluding hydrogens is 340 g/mol. The van der Waals surface area contributed by atoms with E-state index < -0.39 is 11.3 Å². The number of nitrogens with zero attached hydrogens (tertiary/aromatic N) is 3. The highest BCUT2D eigenvalue weighted by Gasteiger charge is 2.18. The molecule has 0 aromatic carbocycles. The fraction of sp³-hybridized carbons (Fsp3) is 0.294. The molecule has 2 aromatic rings. The fourth-order valence-electron chi connectivity index (χ4n) is 2.63. The number of hydrogen-bond donors (Lipinski definition) is 2. The summed E-state index contributed by atoms with van der Waals surface area (Å²) in [4.78, 5) is 28.2. The maximum Gasteiger partial charge on any atom is 0.283 e. The first kappa shape index (κ1) is 17.1. The van der Waals surface area contributed by atoms with Crippen LogP contribution in [0.2, 0.25) is 0 Å². The largest absolute Gasteiger partial charge is 0.504 e. The van der Waals surface area contributed by atoms with Crippen molar-refractivity contribution in [2.24, 2.45) is 0 Å². The first-order chi connectivity index (χ1) is 11.9. The summed E-state index contributed by atoms with van der Waals surface area (Å²) in [6.07, 6.45) is 7.41. The Bertz CT molecular complexity index is 993. The molecule has 0 aliphatic heterocycles. The van der Waals surface area contributed by atoms with Gasteiger partial charge in [-0.1, -0.05) is 31.3 Å². The molecule has 0 fully saturated rings. The average molecular weight is 358 g/mol. The van der Waals surface area contributed by atoms with Crippen molar-refractivity contribution in [3.63, 3.8) is 0 Å². The molecule has 0 radical (unpaired) electrons. The molecule has 130 valence electrons. The smallest absolute Gasteiger partial charge is 0.283 e. The lowest BCUT2D eigenvalue weighted by atomic mass is 10.1. The van der Waals surface area contributed by atoms with Crippen LogP contribution in [0.3, 0.4) is 0 Å². The van der Waals surface area contributed by atoms with E-state index in [-0.39, 0.29) is 17.1 Å². The average Bonchev–Trinajstić information content (AvgIpc) is 2.99. The summed E-state index contributed by atoms with van der Waals surface area (Å²) >= 11 is 1.37. The van der Waals surface area contributed by atoms with Gasteiger partial charge in [-0.2, -0.15) is 14.6 Å². The number of ketones is 1. The third kappa shape index (κ3) is 3.12. The van der Waals surface area contributed by atoms with Gasteiger partial charge in [-0.05, 0) is 36.6 Å². The highest BCUT2D eigenvalue weighted by atomic mass is 32.1. The number of rotatable bonds is 4. The second-order valence-corrected chi connectivity index (χ2v) is 6.72. The number of hydrogen-bond acceptors (Lipinski definition) is 7. The van der Waals surface area contributed by atoms with Crippen molar-refractivity contribution in [1.82, 2.24) is 14.6 Å². The van der Waals surface area contributed by atoms with E-state index in [1.54, 1.807) is 0 Å². The minimum absolute atomic E-state index is 0.178. The second kappa shape index (κ2) is 6.64. The van der Waals surface area contributed by atoms with Gasteiger partial charge in [0.2, 0.25) is 10.7 Å². The summed E-state index contributed by atoms with van der Waals surface area (Å²) in [6.45, 7) is 4.18. The Kier molecular flexibility index (Phi) is 4.54. The first-order valence-electron chi connectivity index (χ1n) is 7.98. The summed E-state index contributed by atoms with van der Waals surface area (Å²) < 4.78 is 1.48. The van der Waals surface area contributed by atoms with E-state index in [0.717, 1.165) is 17.8 Å². The quantitative estimate of drug-likeness (QED) is 0.869. The van der Waals surface area contributed by atoms with Crippen LogP contribution in [0.4, 0.5) is 5.82 Å². The topological polar surface area (TPSA) is 111 Å². The number of allylic oxidation sites excluding steroid dienone is 4. The zero-order valence-corrected chi connectivity index (χ0v) is 14.7. The van der Waals surface area contributed by atoms with Crippen LogP contribution in [0.5, 0.6) is 0 Å². The molecule has 8 heteroatoms. The van der Waals surface area contributed by atoms with Crippen LogP contribution in [0, 0.1) is 0 Å². The SMILES string of the molecule is CCC(CC)c1nn2c(N)c(/C=C3/C=CC(=O)C(O)=C3)c(=O)nc2s1. The maximum atomic E-state index is 12.3. The van der Waals surface area contributed by atoms with Crippen molar-refractivity contribution < 1.29 is 9.90 Å². The van der Waals surface area contributed by atoms with Crippen molar-refractivity contribution in [2.45, 2.75) is 32.6 Å². The Morgan fingerprint density at radius 3 is 2.68 bits per heavy atom. The Labute approximate surface area is 147 Å². The van der Waals surface area contributed by atoms with Gasteiger partial charge in [0.25, 0.3) is 5.56 Å². The van der Waals surface area contributed by atoms with Crippen LogP contribution in [-0.4, -0.2) is 25.5 Å². The summed E-state index contributed by atoms with van der Waals surface area (Å²) in [7, 11) is 0. The third-order valence-corrected chi connectivity index (χ3v) is 5.21. The lowest BCUT2D eigenvalue weighted by Crippen LogP contribution is -2.17. The molecule has 0 unspecified atom stereocenters. The molecule has 1 aliphatic carbocycles. The molecule has 0 spiro atoms. The van der Waals surface area contributed by atoms with Gasteiger partial charge in [0.1, 0.15) is 10.8 Å². The van der Waals surface area contributed by atoms with Crippen LogP contribution in [0.1, 0.15) is 43.2 Å². The van der Waals surface area contributed by atoms with E-state index >= 15 is 0 Å². The number of anilines is 1. The Morgan fingerprint density at radius 1 is 1.32 bits per heavy atom. The Balaban J connectivity index is 2.13. The lowest BCUT2D eigenvalue weighted by molar-refractivity contribution is -0.113. The Hall–Kier alpha value is -2.74. The second-order valence-electron chi connectivity index (χ2n) is 5.74. The summed E-state index contributed by atoms with van der Waals surface area (Å²) in [5, 5.41) is 14.9. The first-order valence-corrected chi connectivity index (χ1v) is 8.80.